The summed E-state index contributed by atoms with van der Waals surface area (Å²) in [5.74, 6) is 0. The average Bonchev–Trinajstić information content (AvgIpc) is 2.48. The minimum absolute atomic E-state index is 0.300. The molecule has 4 heteroatoms. The molecule has 0 rings (SSSR count). The van der Waals surface area contributed by atoms with Gasteiger partial charge in [-0.1, -0.05) is 0 Å². The van der Waals surface area contributed by atoms with Gasteiger partial charge in [-0.3, -0.25) is 0 Å². The first-order valence-corrected chi connectivity index (χ1v) is 14.9. The zero-order valence-electron chi connectivity index (χ0n) is 13.7. The van der Waals surface area contributed by atoms with Gasteiger partial charge in [-0.2, -0.15) is 0 Å². The number of hydrogen-bond donors (Lipinski definition) is 0. The van der Waals surface area contributed by atoms with Gasteiger partial charge in [-0.05, 0) is 0 Å². The molecule has 0 unspecified atom stereocenters. The molecule has 0 N–H and O–H groups in total. The summed E-state index contributed by atoms with van der Waals surface area (Å²) in [6.07, 6.45) is 16.0. The van der Waals surface area contributed by atoms with E-state index in [1.807, 2.05) is 0 Å². The van der Waals surface area contributed by atoms with Crippen LogP contribution in [0, 0.1) is 0 Å². The number of unbranched alkanes of at least 4 members (excludes halogenated alkanes) is 10. The van der Waals surface area contributed by atoms with Crippen molar-refractivity contribution in [2.75, 3.05) is 0 Å². The Morgan fingerprint density at radius 3 is 1.25 bits per heavy atom. The third-order valence-corrected chi connectivity index (χ3v) is 8.82. The molecular formula is C16H34O2Sn2. The molecule has 0 aromatic heterocycles. The SMILES string of the molecule is CCCCCCC[CH2][Sn](=[O])[CH2]CCCCCCC.[O]=[Sn]. The Morgan fingerprint density at radius 2 is 0.900 bits per heavy atom. The molecule has 0 heterocycles. The van der Waals surface area contributed by atoms with Crippen LogP contribution in [-0.2, 0) is 6.15 Å². The van der Waals surface area contributed by atoms with Gasteiger partial charge >= 0.3 is 148 Å². The van der Waals surface area contributed by atoms with Crippen LogP contribution in [-0.4, -0.2) is 42.3 Å². The minimum atomic E-state index is -2.11. The second-order valence-corrected chi connectivity index (χ2v) is 11.5. The van der Waals surface area contributed by atoms with Crippen LogP contribution in [0.2, 0.25) is 8.87 Å². The molecule has 0 saturated heterocycles. The van der Waals surface area contributed by atoms with Gasteiger partial charge in [0.2, 0.25) is 0 Å². The van der Waals surface area contributed by atoms with E-state index in [4.69, 9.17) is 3.08 Å². The summed E-state index contributed by atoms with van der Waals surface area (Å²) >= 11 is -1.81. The third-order valence-electron chi connectivity index (χ3n) is 3.62. The van der Waals surface area contributed by atoms with Crippen LogP contribution in [0.1, 0.15) is 90.9 Å². The van der Waals surface area contributed by atoms with Crippen LogP contribution < -0.4 is 0 Å². The summed E-state index contributed by atoms with van der Waals surface area (Å²) in [6.45, 7) is 4.51. The van der Waals surface area contributed by atoms with Gasteiger partial charge in [0.1, 0.15) is 0 Å². The summed E-state index contributed by atoms with van der Waals surface area (Å²) in [4.78, 5) is 0. The Hall–Kier alpha value is 1.20. The molecule has 118 valence electrons. The fourth-order valence-electron chi connectivity index (χ4n) is 2.33. The first kappa shape index (κ1) is 23.5. The molecule has 0 aromatic rings. The zero-order chi connectivity index (χ0) is 15.5. The Bertz CT molecular complexity index is 181. The van der Waals surface area contributed by atoms with E-state index < -0.39 is 19.7 Å². The summed E-state index contributed by atoms with van der Waals surface area (Å²) in [7, 11) is 0. The quantitative estimate of drug-likeness (QED) is 0.231. The van der Waals surface area contributed by atoms with E-state index in [0.717, 1.165) is 8.87 Å². The summed E-state index contributed by atoms with van der Waals surface area (Å²) in [5, 5.41) is 0. The molecule has 2 radical (unpaired) electrons. The van der Waals surface area contributed by atoms with Crippen molar-refractivity contribution in [1.82, 2.24) is 0 Å². The first-order chi connectivity index (χ1) is 9.81. The molecule has 0 amide bonds. The molecule has 20 heavy (non-hydrogen) atoms. The molecule has 0 aromatic carbocycles. The van der Waals surface area contributed by atoms with Crippen LogP contribution in [0.4, 0.5) is 0 Å². The average molecular weight is 496 g/mol. The van der Waals surface area contributed by atoms with Crippen LogP contribution >= 0.6 is 0 Å². The van der Waals surface area contributed by atoms with Crippen LogP contribution in [0.5, 0.6) is 0 Å². The molecule has 0 saturated carbocycles. The van der Waals surface area contributed by atoms with Crippen molar-refractivity contribution in [2.24, 2.45) is 0 Å². The fourth-order valence-corrected chi connectivity index (χ4v) is 6.72. The molecular weight excluding hydrogens is 462 g/mol. The fraction of sp³-hybridized carbons (Fsp3) is 1.00. The van der Waals surface area contributed by atoms with Crippen molar-refractivity contribution in [1.29, 1.82) is 0 Å². The predicted octanol–water partition coefficient (Wildman–Crippen LogP) is 5.63. The Labute approximate surface area is 147 Å². The van der Waals surface area contributed by atoms with Crippen molar-refractivity contribution in [3.63, 3.8) is 0 Å². The number of hydrogen-bond acceptors (Lipinski definition) is 2. The first-order valence-electron chi connectivity index (χ1n) is 8.53. The predicted molar refractivity (Wildman–Crippen MR) is 89.2 cm³/mol. The van der Waals surface area contributed by atoms with Gasteiger partial charge in [0, 0.05) is 0 Å². The molecule has 2 nitrogen and oxygen atoms in total. The summed E-state index contributed by atoms with van der Waals surface area (Å²) < 4.78 is 22.5. The molecule has 0 aliphatic carbocycles. The van der Waals surface area contributed by atoms with Gasteiger partial charge in [0.15, 0.2) is 0 Å². The van der Waals surface area contributed by atoms with E-state index in [2.05, 4.69) is 13.8 Å². The molecule has 0 aliphatic heterocycles. The number of rotatable bonds is 14. The van der Waals surface area contributed by atoms with Crippen LogP contribution in [0.25, 0.3) is 0 Å². The van der Waals surface area contributed by atoms with Gasteiger partial charge in [-0.15, -0.1) is 0 Å². The maximum atomic E-state index is 11.9. The van der Waals surface area contributed by atoms with Gasteiger partial charge in [0.25, 0.3) is 0 Å². The topological polar surface area (TPSA) is 34.1 Å². The van der Waals surface area contributed by atoms with Crippen molar-refractivity contribution >= 4 is 42.3 Å². The van der Waals surface area contributed by atoms with Crippen molar-refractivity contribution in [3.8, 4) is 0 Å². The Kier molecular flexibility index (Phi) is 26.4. The summed E-state index contributed by atoms with van der Waals surface area (Å²) in [6, 6.07) is 0. The molecule has 0 aliphatic rings. The molecule has 0 fully saturated rings. The van der Waals surface area contributed by atoms with E-state index in [1.165, 1.54) is 77.0 Å². The van der Waals surface area contributed by atoms with Gasteiger partial charge < -0.3 is 0 Å². The van der Waals surface area contributed by atoms with Gasteiger partial charge in [0.05, 0.1) is 0 Å². The molecule has 0 bridgehead atoms. The van der Waals surface area contributed by atoms with Crippen LogP contribution in [0.15, 0.2) is 0 Å². The van der Waals surface area contributed by atoms with Crippen molar-refractivity contribution < 1.29 is 6.15 Å². The third kappa shape index (κ3) is 21.5. The van der Waals surface area contributed by atoms with E-state index in [1.54, 1.807) is 0 Å². The van der Waals surface area contributed by atoms with Crippen molar-refractivity contribution in [3.05, 3.63) is 0 Å². The van der Waals surface area contributed by atoms with E-state index in [0.29, 0.717) is 22.5 Å². The zero-order valence-corrected chi connectivity index (χ0v) is 19.4. The monoisotopic (exact) mass is 498 g/mol. The maximum absolute atomic E-state index is 11.9. The molecule has 0 spiro atoms. The van der Waals surface area contributed by atoms with E-state index in [9.17, 15) is 3.08 Å². The van der Waals surface area contributed by atoms with Gasteiger partial charge in [-0.25, -0.2) is 0 Å². The van der Waals surface area contributed by atoms with Crippen molar-refractivity contribution in [2.45, 2.75) is 99.8 Å². The Morgan fingerprint density at radius 1 is 0.600 bits per heavy atom. The second kappa shape index (κ2) is 22.5. The van der Waals surface area contributed by atoms with E-state index in [-0.39, 0.29) is 0 Å². The molecule has 0 atom stereocenters. The summed E-state index contributed by atoms with van der Waals surface area (Å²) in [5.41, 5.74) is 0. The van der Waals surface area contributed by atoms with E-state index >= 15 is 0 Å². The Balaban J connectivity index is 0. The standard InChI is InChI=1S/2C8H17.2O.2Sn/c2*1-3-5-7-8-6-4-2;;;;/h2*1,3-8H2,2H3;;;;. The second-order valence-electron chi connectivity index (χ2n) is 5.57. The normalized spacial score (nSPS) is 9.90. The van der Waals surface area contributed by atoms with Crippen LogP contribution in [0.3, 0.4) is 0 Å².